The second kappa shape index (κ2) is 6.58. The van der Waals surface area contributed by atoms with Crippen molar-refractivity contribution in [2.24, 2.45) is 0 Å². The Labute approximate surface area is 116 Å². The third-order valence-electron chi connectivity index (χ3n) is 2.39. The Morgan fingerprint density at radius 3 is 2.60 bits per heavy atom. The Hall–Kier alpha value is -2.54. The number of amides is 1. The highest BCUT2D eigenvalue weighted by atomic mass is 16.6. The molecule has 0 aliphatic carbocycles. The smallest absolute Gasteiger partial charge is 0.276 e. The van der Waals surface area contributed by atoms with Crippen molar-refractivity contribution in [3.05, 3.63) is 41.7 Å². The van der Waals surface area contributed by atoms with Gasteiger partial charge >= 0.3 is 0 Å². The summed E-state index contributed by atoms with van der Waals surface area (Å²) in [4.78, 5) is 20.5. The van der Waals surface area contributed by atoms with E-state index in [0.29, 0.717) is 23.8 Å². The second-order valence-electron chi connectivity index (χ2n) is 3.98. The summed E-state index contributed by atoms with van der Waals surface area (Å²) >= 11 is 0. The van der Waals surface area contributed by atoms with Gasteiger partial charge in [0, 0.05) is 6.20 Å². The number of pyridine rings is 1. The van der Waals surface area contributed by atoms with Gasteiger partial charge in [0.2, 0.25) is 0 Å². The van der Waals surface area contributed by atoms with Gasteiger partial charge in [0.05, 0.1) is 17.9 Å². The second-order valence-corrected chi connectivity index (χ2v) is 3.98. The summed E-state index contributed by atoms with van der Waals surface area (Å²) in [5, 5.41) is 10.9. The van der Waals surface area contributed by atoms with Gasteiger partial charge in [0.25, 0.3) is 5.91 Å². The largest absolute Gasteiger partial charge is 0.323 e. The first-order valence-corrected chi connectivity index (χ1v) is 6.14. The first kappa shape index (κ1) is 13.9. The molecule has 0 aromatic carbocycles. The first-order chi connectivity index (χ1) is 9.69. The third-order valence-corrected chi connectivity index (χ3v) is 2.39. The van der Waals surface area contributed by atoms with E-state index >= 15 is 0 Å². The zero-order valence-corrected chi connectivity index (χ0v) is 11.3. The Balaban J connectivity index is 2.01. The Morgan fingerprint density at radius 2 is 2.00 bits per heavy atom. The molecular formula is C13H15N5O2. The van der Waals surface area contributed by atoms with E-state index in [1.54, 1.807) is 25.1 Å². The van der Waals surface area contributed by atoms with Crippen molar-refractivity contribution in [1.82, 2.24) is 20.7 Å². The van der Waals surface area contributed by atoms with Gasteiger partial charge < -0.3 is 5.32 Å². The van der Waals surface area contributed by atoms with Crippen LogP contribution in [0.5, 0.6) is 0 Å². The highest BCUT2D eigenvalue weighted by Crippen LogP contribution is 2.11. The van der Waals surface area contributed by atoms with E-state index in [1.807, 2.05) is 13.0 Å². The summed E-state index contributed by atoms with van der Waals surface area (Å²) in [5.74, 6) is 0.840. The zero-order chi connectivity index (χ0) is 14.4. The quantitative estimate of drug-likeness (QED) is 0.804. The van der Waals surface area contributed by atoms with E-state index in [2.05, 4.69) is 26.0 Å². The summed E-state index contributed by atoms with van der Waals surface area (Å²) in [6.45, 7) is 4.06. The number of hydrogen-bond acceptors (Lipinski definition) is 6. The fraction of sp³-hybridized carbons (Fsp3) is 0.231. The molecule has 104 valence electrons. The molecule has 7 nitrogen and oxygen atoms in total. The van der Waals surface area contributed by atoms with E-state index in [4.69, 9.17) is 4.84 Å². The maximum atomic E-state index is 11.6. The number of carbonyl (C=O) groups excluding carboxylic acids is 1. The molecule has 7 heteroatoms. The Bertz CT molecular complexity index is 568. The van der Waals surface area contributed by atoms with Gasteiger partial charge in [-0.2, -0.15) is 5.10 Å². The molecule has 0 aliphatic rings. The van der Waals surface area contributed by atoms with Crippen LogP contribution in [0.1, 0.15) is 23.0 Å². The highest BCUT2D eigenvalue weighted by Gasteiger charge is 2.06. The van der Waals surface area contributed by atoms with Gasteiger partial charge in [0.15, 0.2) is 5.82 Å². The van der Waals surface area contributed by atoms with Crippen LogP contribution in [-0.2, 0) is 4.84 Å². The molecule has 0 spiro atoms. The molecule has 2 aromatic heterocycles. The van der Waals surface area contributed by atoms with E-state index in [9.17, 15) is 4.79 Å². The maximum Gasteiger partial charge on any atom is 0.276 e. The molecule has 0 saturated carbocycles. The summed E-state index contributed by atoms with van der Waals surface area (Å²) in [7, 11) is 0. The van der Waals surface area contributed by atoms with E-state index < -0.39 is 0 Å². The number of aryl methyl sites for hydroxylation is 1. The molecule has 0 saturated heterocycles. The average Bonchev–Trinajstić information content (AvgIpc) is 2.48. The van der Waals surface area contributed by atoms with Gasteiger partial charge in [-0.25, -0.2) is 10.5 Å². The number of nitrogens with zero attached hydrogens (tertiary/aromatic N) is 3. The molecule has 0 aliphatic heterocycles. The molecule has 2 aromatic rings. The topological polar surface area (TPSA) is 89.0 Å². The van der Waals surface area contributed by atoms with Crippen LogP contribution in [0, 0.1) is 6.92 Å². The van der Waals surface area contributed by atoms with Gasteiger partial charge in [-0.1, -0.05) is 0 Å². The summed E-state index contributed by atoms with van der Waals surface area (Å²) in [6, 6.07) is 6.98. The minimum atomic E-state index is -0.332. The molecule has 2 rings (SSSR count). The van der Waals surface area contributed by atoms with E-state index in [0.717, 1.165) is 5.69 Å². The van der Waals surface area contributed by atoms with E-state index in [1.165, 1.54) is 6.20 Å². The van der Waals surface area contributed by atoms with Crippen LogP contribution in [0.25, 0.3) is 0 Å². The summed E-state index contributed by atoms with van der Waals surface area (Å²) in [6.07, 6.45) is 1.46. The standard InChI is InChI=1S/C13H15N5O2/c1-3-20-18-13(19)10-5-7-11(14-8-10)15-12-6-4-9(2)16-17-12/h4-8H,3H2,1-2H3,(H,18,19)(H,14,15,17). The van der Waals surface area contributed by atoms with Gasteiger partial charge in [-0.3, -0.25) is 9.63 Å². The van der Waals surface area contributed by atoms with Crippen LogP contribution in [0.2, 0.25) is 0 Å². The number of hydroxylamine groups is 1. The maximum absolute atomic E-state index is 11.6. The summed E-state index contributed by atoms with van der Waals surface area (Å²) in [5.41, 5.74) is 3.56. The number of aromatic nitrogens is 3. The van der Waals surface area contributed by atoms with Crippen molar-refractivity contribution in [2.45, 2.75) is 13.8 Å². The van der Waals surface area contributed by atoms with Crippen LogP contribution >= 0.6 is 0 Å². The van der Waals surface area contributed by atoms with Gasteiger partial charge in [-0.05, 0) is 38.1 Å². The van der Waals surface area contributed by atoms with Crippen LogP contribution < -0.4 is 10.8 Å². The average molecular weight is 273 g/mol. The summed E-state index contributed by atoms with van der Waals surface area (Å²) < 4.78 is 0. The number of hydrogen-bond donors (Lipinski definition) is 2. The lowest BCUT2D eigenvalue weighted by Crippen LogP contribution is -2.23. The van der Waals surface area contributed by atoms with Crippen LogP contribution in [-0.4, -0.2) is 27.7 Å². The number of nitrogens with one attached hydrogen (secondary N) is 2. The van der Waals surface area contributed by atoms with Crippen molar-refractivity contribution >= 4 is 17.5 Å². The van der Waals surface area contributed by atoms with Crippen molar-refractivity contribution in [1.29, 1.82) is 0 Å². The highest BCUT2D eigenvalue weighted by molar-refractivity contribution is 5.93. The number of rotatable bonds is 5. The lowest BCUT2D eigenvalue weighted by Gasteiger charge is -2.06. The van der Waals surface area contributed by atoms with Crippen molar-refractivity contribution in [2.75, 3.05) is 11.9 Å². The lowest BCUT2D eigenvalue weighted by atomic mass is 10.3. The predicted molar refractivity (Wildman–Crippen MR) is 73.4 cm³/mol. The molecule has 0 unspecified atom stereocenters. The molecule has 0 fully saturated rings. The monoisotopic (exact) mass is 273 g/mol. The molecule has 0 bridgehead atoms. The fourth-order valence-corrected chi connectivity index (χ4v) is 1.40. The minimum absolute atomic E-state index is 0.332. The molecule has 1 amide bonds. The molecular weight excluding hydrogens is 258 g/mol. The Morgan fingerprint density at radius 1 is 1.20 bits per heavy atom. The number of anilines is 2. The van der Waals surface area contributed by atoms with Gasteiger partial charge in [-0.15, -0.1) is 5.10 Å². The minimum Gasteiger partial charge on any atom is -0.323 e. The van der Waals surface area contributed by atoms with E-state index in [-0.39, 0.29) is 5.91 Å². The van der Waals surface area contributed by atoms with Crippen LogP contribution in [0.15, 0.2) is 30.5 Å². The molecule has 20 heavy (non-hydrogen) atoms. The fourth-order valence-electron chi connectivity index (χ4n) is 1.40. The van der Waals surface area contributed by atoms with Crippen LogP contribution in [0.3, 0.4) is 0 Å². The number of carbonyl (C=O) groups is 1. The normalized spacial score (nSPS) is 10.1. The van der Waals surface area contributed by atoms with Crippen molar-refractivity contribution in [3.8, 4) is 0 Å². The first-order valence-electron chi connectivity index (χ1n) is 6.14. The van der Waals surface area contributed by atoms with Crippen LogP contribution in [0.4, 0.5) is 11.6 Å². The SMILES string of the molecule is CCONC(=O)c1ccc(Nc2ccc(C)nn2)nc1. The van der Waals surface area contributed by atoms with Crippen molar-refractivity contribution < 1.29 is 9.63 Å². The molecule has 0 atom stereocenters. The third kappa shape index (κ3) is 3.72. The lowest BCUT2D eigenvalue weighted by molar-refractivity contribution is 0.0364. The van der Waals surface area contributed by atoms with Gasteiger partial charge in [0.1, 0.15) is 5.82 Å². The Kier molecular flexibility index (Phi) is 4.56. The molecule has 0 radical (unpaired) electrons. The predicted octanol–water partition coefficient (Wildman–Crippen LogP) is 1.60. The zero-order valence-electron chi connectivity index (χ0n) is 11.3. The van der Waals surface area contributed by atoms with Crippen molar-refractivity contribution in [3.63, 3.8) is 0 Å². The molecule has 2 N–H and O–H groups in total. The molecule has 2 heterocycles.